The monoisotopic (exact) mass is 373 g/mol. The molecule has 0 aliphatic carbocycles. The molecule has 2 heterocycles. The van der Waals surface area contributed by atoms with Crippen LogP contribution in [0.3, 0.4) is 0 Å². The Balaban J connectivity index is 2.00. The summed E-state index contributed by atoms with van der Waals surface area (Å²) in [6.45, 7) is 3.30. The second kappa shape index (κ2) is 8.42. The Labute approximate surface area is 157 Å². The number of nitrogens with zero attached hydrogens (tertiary/aromatic N) is 3. The minimum absolute atomic E-state index is 0.605. The number of rotatable bonds is 8. The molecular formula is C19H23N3O3S. The molecule has 0 saturated heterocycles. The Bertz CT molecular complexity index is 895. The van der Waals surface area contributed by atoms with Crippen LogP contribution in [0.15, 0.2) is 30.5 Å². The first-order chi connectivity index (χ1) is 12.7. The summed E-state index contributed by atoms with van der Waals surface area (Å²) in [5.74, 6) is 2.42. The minimum atomic E-state index is 0.605. The predicted molar refractivity (Wildman–Crippen MR) is 105 cm³/mol. The normalized spacial score (nSPS) is 11.1. The summed E-state index contributed by atoms with van der Waals surface area (Å²) in [6.07, 6.45) is 4.63. The van der Waals surface area contributed by atoms with Gasteiger partial charge < -0.3 is 14.2 Å². The topological polar surface area (TPSA) is 58.4 Å². The molecule has 3 aromatic rings. The largest absolute Gasteiger partial charge is 0.497 e. The first-order valence-electron chi connectivity index (χ1n) is 8.38. The SMILES string of the molecule is COCCCOc1ccnc(-c2nc3cc(OC)ccc3n2SC)c1C. The van der Waals surface area contributed by atoms with E-state index in [1.54, 1.807) is 32.4 Å². The fraction of sp³-hybridized carbons (Fsp3) is 0.368. The summed E-state index contributed by atoms with van der Waals surface area (Å²) < 4.78 is 18.4. The van der Waals surface area contributed by atoms with E-state index in [2.05, 4.69) is 8.96 Å². The number of imidazole rings is 1. The Morgan fingerprint density at radius 2 is 2.00 bits per heavy atom. The van der Waals surface area contributed by atoms with E-state index in [0.717, 1.165) is 46.0 Å². The van der Waals surface area contributed by atoms with Gasteiger partial charge in [-0.1, -0.05) is 0 Å². The summed E-state index contributed by atoms with van der Waals surface area (Å²) in [5.41, 5.74) is 3.70. The molecule has 1 aromatic carbocycles. The second-order valence-corrected chi connectivity index (χ2v) is 6.47. The fourth-order valence-electron chi connectivity index (χ4n) is 2.78. The van der Waals surface area contributed by atoms with Gasteiger partial charge in [0.1, 0.15) is 17.2 Å². The van der Waals surface area contributed by atoms with Gasteiger partial charge in [0.15, 0.2) is 5.82 Å². The van der Waals surface area contributed by atoms with Crippen molar-refractivity contribution in [1.29, 1.82) is 0 Å². The molecule has 2 aromatic heterocycles. The predicted octanol–water partition coefficient (Wildman–Crippen LogP) is 3.96. The molecule has 0 unspecified atom stereocenters. The highest BCUT2D eigenvalue weighted by Crippen LogP contribution is 2.33. The summed E-state index contributed by atoms with van der Waals surface area (Å²) in [6, 6.07) is 7.78. The number of aromatic nitrogens is 3. The van der Waals surface area contributed by atoms with Crippen molar-refractivity contribution in [2.24, 2.45) is 0 Å². The van der Waals surface area contributed by atoms with Crippen LogP contribution in [0.2, 0.25) is 0 Å². The molecule has 0 aliphatic heterocycles. The van der Waals surface area contributed by atoms with Crippen molar-refractivity contribution in [3.63, 3.8) is 0 Å². The van der Waals surface area contributed by atoms with E-state index >= 15 is 0 Å². The van der Waals surface area contributed by atoms with E-state index in [4.69, 9.17) is 19.2 Å². The van der Waals surface area contributed by atoms with Gasteiger partial charge in [-0.2, -0.15) is 0 Å². The van der Waals surface area contributed by atoms with Crippen LogP contribution in [-0.2, 0) is 4.74 Å². The van der Waals surface area contributed by atoms with Crippen molar-refractivity contribution in [3.05, 3.63) is 36.0 Å². The molecule has 0 aliphatic rings. The Kier molecular flexibility index (Phi) is 6.00. The van der Waals surface area contributed by atoms with E-state index in [1.807, 2.05) is 37.4 Å². The van der Waals surface area contributed by atoms with Gasteiger partial charge in [-0.3, -0.25) is 8.96 Å². The van der Waals surface area contributed by atoms with Gasteiger partial charge in [0.25, 0.3) is 0 Å². The van der Waals surface area contributed by atoms with Crippen molar-refractivity contribution in [2.45, 2.75) is 13.3 Å². The molecule has 0 saturated carbocycles. The van der Waals surface area contributed by atoms with Gasteiger partial charge in [-0.05, 0) is 37.1 Å². The molecule has 0 spiro atoms. The third kappa shape index (κ3) is 3.64. The van der Waals surface area contributed by atoms with Gasteiger partial charge in [-0.25, -0.2) is 4.98 Å². The van der Waals surface area contributed by atoms with Gasteiger partial charge in [0, 0.05) is 44.2 Å². The highest BCUT2D eigenvalue weighted by molar-refractivity contribution is 7.97. The van der Waals surface area contributed by atoms with Crippen LogP contribution < -0.4 is 9.47 Å². The quantitative estimate of drug-likeness (QED) is 0.557. The Hall–Kier alpha value is -2.25. The smallest absolute Gasteiger partial charge is 0.170 e. The summed E-state index contributed by atoms with van der Waals surface area (Å²) in [4.78, 5) is 9.37. The number of hydrogen-bond donors (Lipinski definition) is 0. The minimum Gasteiger partial charge on any atom is -0.497 e. The van der Waals surface area contributed by atoms with E-state index in [-0.39, 0.29) is 0 Å². The lowest BCUT2D eigenvalue weighted by Gasteiger charge is -2.12. The standard InChI is InChI=1S/C19H23N3O3S/c1-13-17(25-11-5-10-23-2)8-9-20-18(13)19-21-15-12-14(24-3)6-7-16(15)22(19)26-4/h6-9,12H,5,10-11H2,1-4H3. The third-order valence-corrected chi connectivity index (χ3v) is 4.85. The molecule has 7 heteroatoms. The fourth-order valence-corrected chi connectivity index (χ4v) is 3.44. The van der Waals surface area contributed by atoms with Crippen LogP contribution in [0.25, 0.3) is 22.6 Å². The molecule has 26 heavy (non-hydrogen) atoms. The highest BCUT2D eigenvalue weighted by atomic mass is 32.2. The van der Waals surface area contributed by atoms with Gasteiger partial charge in [0.2, 0.25) is 0 Å². The maximum atomic E-state index is 5.90. The van der Waals surface area contributed by atoms with Crippen LogP contribution in [-0.4, -0.2) is 47.6 Å². The number of pyridine rings is 1. The van der Waals surface area contributed by atoms with Crippen LogP contribution in [0.5, 0.6) is 11.5 Å². The first kappa shape index (κ1) is 18.5. The van der Waals surface area contributed by atoms with Crippen LogP contribution in [0, 0.1) is 6.92 Å². The molecule has 6 nitrogen and oxygen atoms in total. The number of benzene rings is 1. The van der Waals surface area contributed by atoms with E-state index in [1.165, 1.54) is 0 Å². The van der Waals surface area contributed by atoms with Crippen LogP contribution >= 0.6 is 11.9 Å². The van der Waals surface area contributed by atoms with Crippen LogP contribution in [0.4, 0.5) is 0 Å². The maximum Gasteiger partial charge on any atom is 0.170 e. The average molecular weight is 373 g/mol. The van der Waals surface area contributed by atoms with Gasteiger partial charge in [0.05, 0.1) is 24.8 Å². The Morgan fingerprint density at radius 3 is 2.73 bits per heavy atom. The van der Waals surface area contributed by atoms with Crippen molar-refractivity contribution in [2.75, 3.05) is 33.7 Å². The van der Waals surface area contributed by atoms with Crippen molar-refractivity contribution < 1.29 is 14.2 Å². The lowest BCUT2D eigenvalue weighted by molar-refractivity contribution is 0.172. The summed E-state index contributed by atoms with van der Waals surface area (Å²) in [7, 11) is 3.35. The number of fused-ring (bicyclic) bond motifs is 1. The maximum absolute atomic E-state index is 5.90. The number of hydrogen-bond acceptors (Lipinski definition) is 6. The molecule has 0 atom stereocenters. The lowest BCUT2D eigenvalue weighted by atomic mass is 10.2. The van der Waals surface area contributed by atoms with Crippen molar-refractivity contribution in [3.8, 4) is 23.0 Å². The van der Waals surface area contributed by atoms with E-state index in [0.29, 0.717) is 13.2 Å². The van der Waals surface area contributed by atoms with Crippen molar-refractivity contribution in [1.82, 2.24) is 13.9 Å². The molecule has 0 radical (unpaired) electrons. The van der Waals surface area contributed by atoms with Gasteiger partial charge >= 0.3 is 0 Å². The zero-order valence-corrected chi connectivity index (χ0v) is 16.3. The van der Waals surface area contributed by atoms with Crippen LogP contribution in [0.1, 0.15) is 12.0 Å². The molecule has 0 N–H and O–H groups in total. The number of methoxy groups -OCH3 is 2. The molecule has 0 bridgehead atoms. The third-order valence-electron chi connectivity index (χ3n) is 4.12. The summed E-state index contributed by atoms with van der Waals surface area (Å²) >= 11 is 1.59. The Morgan fingerprint density at radius 1 is 1.15 bits per heavy atom. The first-order valence-corrected chi connectivity index (χ1v) is 9.56. The molecule has 138 valence electrons. The highest BCUT2D eigenvalue weighted by Gasteiger charge is 2.18. The summed E-state index contributed by atoms with van der Waals surface area (Å²) in [5, 5.41) is 0. The molecule has 0 fully saturated rings. The van der Waals surface area contributed by atoms with Gasteiger partial charge in [-0.15, -0.1) is 0 Å². The molecule has 3 rings (SSSR count). The number of ether oxygens (including phenoxy) is 3. The van der Waals surface area contributed by atoms with Crippen molar-refractivity contribution >= 4 is 23.0 Å². The zero-order valence-electron chi connectivity index (χ0n) is 15.5. The zero-order chi connectivity index (χ0) is 18.5. The molecular weight excluding hydrogens is 350 g/mol. The van der Waals surface area contributed by atoms with E-state index < -0.39 is 0 Å². The average Bonchev–Trinajstić information content (AvgIpc) is 3.03. The molecule has 0 amide bonds. The second-order valence-electron chi connectivity index (χ2n) is 5.74. The lowest BCUT2D eigenvalue weighted by Crippen LogP contribution is -2.04. The van der Waals surface area contributed by atoms with E-state index in [9.17, 15) is 0 Å².